The van der Waals surface area contributed by atoms with E-state index in [1.807, 2.05) is 37.3 Å². The van der Waals surface area contributed by atoms with E-state index in [0.29, 0.717) is 13.0 Å². The zero-order valence-electron chi connectivity index (χ0n) is 17.0. The van der Waals surface area contributed by atoms with Gasteiger partial charge in [0.2, 0.25) is 0 Å². The molecule has 2 saturated heterocycles. The minimum absolute atomic E-state index is 0.00581. The summed E-state index contributed by atoms with van der Waals surface area (Å²) < 4.78 is 28.9. The first-order valence-corrected chi connectivity index (χ1v) is 9.89. The molecule has 2 aliphatic heterocycles. The van der Waals surface area contributed by atoms with Crippen LogP contribution in [0.25, 0.3) is 0 Å². The summed E-state index contributed by atoms with van der Waals surface area (Å²) in [5.74, 6) is -0.490. The number of ether oxygens (including phenoxy) is 5. The fourth-order valence-electron chi connectivity index (χ4n) is 3.79. The Labute approximate surface area is 170 Å². The van der Waals surface area contributed by atoms with Crippen LogP contribution in [-0.4, -0.2) is 48.9 Å². The summed E-state index contributed by atoms with van der Waals surface area (Å²) >= 11 is 0. The first-order valence-electron chi connectivity index (χ1n) is 9.89. The van der Waals surface area contributed by atoms with Crippen LogP contribution in [0.2, 0.25) is 0 Å². The molecular weight excluding hydrogens is 376 g/mol. The molecule has 1 aromatic rings. The maximum atomic E-state index is 11.8. The van der Waals surface area contributed by atoms with E-state index in [1.165, 1.54) is 19.3 Å². The van der Waals surface area contributed by atoms with E-state index < -0.39 is 24.0 Å². The number of fused-ring (bicyclic) bond motifs is 1. The van der Waals surface area contributed by atoms with Gasteiger partial charge in [0, 0.05) is 18.4 Å². The van der Waals surface area contributed by atoms with Crippen LogP contribution < -0.4 is 0 Å². The molecule has 2 fully saturated rings. The highest BCUT2D eigenvalue weighted by Gasteiger charge is 2.50. The average molecular weight is 404 g/mol. The third-order valence-corrected chi connectivity index (χ3v) is 5.08. The number of rotatable bonds is 7. The molecule has 0 amide bonds. The Morgan fingerprint density at radius 3 is 2.69 bits per heavy atom. The van der Waals surface area contributed by atoms with Crippen molar-refractivity contribution in [2.24, 2.45) is 0 Å². The van der Waals surface area contributed by atoms with Crippen molar-refractivity contribution in [1.29, 1.82) is 0 Å². The zero-order valence-corrected chi connectivity index (χ0v) is 17.0. The molecule has 7 nitrogen and oxygen atoms in total. The second-order valence-electron chi connectivity index (χ2n) is 7.51. The van der Waals surface area contributed by atoms with Gasteiger partial charge in [-0.25, -0.2) is 4.79 Å². The highest BCUT2D eigenvalue weighted by Crippen LogP contribution is 2.40. The van der Waals surface area contributed by atoms with E-state index in [2.05, 4.69) is 0 Å². The fraction of sp³-hybridized carbons (Fsp3) is 0.545. The zero-order chi connectivity index (χ0) is 20.9. The Hall–Kier alpha value is -2.22. The first-order chi connectivity index (χ1) is 13.9. The lowest BCUT2D eigenvalue weighted by Gasteiger charge is -2.49. The number of carbonyl (C=O) groups is 2. The average Bonchev–Trinajstić information content (AvgIpc) is 2.68. The lowest BCUT2D eigenvalue weighted by Crippen LogP contribution is -2.59. The SMILES string of the molecule is CCOC(=O)/C=C/O[C@H]1C[C@H]2O[C@@H](c3ccccc3)OC[C@@H]2O[C@]1(C)CC(C)=O. The summed E-state index contributed by atoms with van der Waals surface area (Å²) in [7, 11) is 0. The molecule has 2 heterocycles. The Kier molecular flexibility index (Phi) is 7.05. The van der Waals surface area contributed by atoms with E-state index in [1.54, 1.807) is 6.92 Å². The molecule has 0 aliphatic carbocycles. The predicted octanol–water partition coefficient (Wildman–Crippen LogP) is 3.09. The summed E-state index contributed by atoms with van der Waals surface area (Å²) in [5, 5.41) is 0. The Balaban J connectivity index is 1.72. The van der Waals surface area contributed by atoms with Gasteiger partial charge < -0.3 is 23.7 Å². The third kappa shape index (κ3) is 5.44. The quantitative estimate of drug-likeness (QED) is 0.392. The topological polar surface area (TPSA) is 80.3 Å². The molecule has 0 aromatic heterocycles. The minimum atomic E-state index is -0.849. The van der Waals surface area contributed by atoms with Crippen LogP contribution in [0, 0.1) is 0 Å². The van der Waals surface area contributed by atoms with E-state index in [0.717, 1.165) is 5.56 Å². The van der Waals surface area contributed by atoms with Gasteiger partial charge in [0.15, 0.2) is 6.29 Å². The van der Waals surface area contributed by atoms with Gasteiger partial charge >= 0.3 is 5.97 Å². The molecule has 5 atom stereocenters. The van der Waals surface area contributed by atoms with Crippen LogP contribution in [0.15, 0.2) is 42.7 Å². The van der Waals surface area contributed by atoms with Crippen LogP contribution in [0.1, 0.15) is 45.5 Å². The second kappa shape index (κ2) is 9.52. The smallest absolute Gasteiger partial charge is 0.333 e. The van der Waals surface area contributed by atoms with Gasteiger partial charge in [-0.2, -0.15) is 0 Å². The Morgan fingerprint density at radius 2 is 2.00 bits per heavy atom. The lowest BCUT2D eigenvalue weighted by atomic mass is 9.84. The van der Waals surface area contributed by atoms with E-state index >= 15 is 0 Å². The molecule has 158 valence electrons. The normalized spacial score (nSPS) is 31.8. The van der Waals surface area contributed by atoms with Crippen LogP contribution in [0.3, 0.4) is 0 Å². The molecule has 29 heavy (non-hydrogen) atoms. The standard InChI is InChI=1S/C22H28O7/c1-4-25-20(24)10-11-26-19-12-17-18(29-22(19,3)13-15(2)23)14-27-21(28-17)16-8-6-5-7-9-16/h5-11,17-19,21H,4,12-14H2,1-3H3/b11-10+/t17-,18+,19+,21+,22-/m1/s1. The highest BCUT2D eigenvalue weighted by atomic mass is 16.7. The molecule has 0 radical (unpaired) electrons. The number of Topliss-reactive ketones (excluding diaryl/α,β-unsaturated/α-hetero) is 1. The molecule has 1 aromatic carbocycles. The van der Waals surface area contributed by atoms with Crippen LogP contribution >= 0.6 is 0 Å². The third-order valence-electron chi connectivity index (χ3n) is 5.08. The van der Waals surface area contributed by atoms with Gasteiger partial charge in [0.05, 0.1) is 31.7 Å². The molecular formula is C22H28O7. The molecule has 0 unspecified atom stereocenters. The maximum Gasteiger partial charge on any atom is 0.333 e. The monoisotopic (exact) mass is 404 g/mol. The van der Waals surface area contributed by atoms with Crippen LogP contribution in [0.4, 0.5) is 0 Å². The first kappa shape index (κ1) is 21.5. The molecule has 2 aliphatic rings. The summed E-state index contributed by atoms with van der Waals surface area (Å²) in [6.45, 7) is 5.75. The number of benzene rings is 1. The maximum absolute atomic E-state index is 11.8. The van der Waals surface area contributed by atoms with Crippen molar-refractivity contribution in [1.82, 2.24) is 0 Å². The molecule has 7 heteroatoms. The molecule has 0 N–H and O–H groups in total. The molecule has 3 rings (SSSR count). The Morgan fingerprint density at radius 1 is 1.24 bits per heavy atom. The van der Waals surface area contributed by atoms with E-state index in [-0.39, 0.29) is 31.0 Å². The summed E-state index contributed by atoms with van der Waals surface area (Å²) in [4.78, 5) is 23.4. The summed E-state index contributed by atoms with van der Waals surface area (Å²) in [6.07, 6.45) is 1.73. The second-order valence-corrected chi connectivity index (χ2v) is 7.51. The van der Waals surface area contributed by atoms with Gasteiger partial charge in [-0.3, -0.25) is 4.79 Å². The summed E-state index contributed by atoms with van der Waals surface area (Å²) in [6, 6.07) is 9.70. The summed E-state index contributed by atoms with van der Waals surface area (Å²) in [5.41, 5.74) is 0.0841. The van der Waals surface area contributed by atoms with E-state index in [4.69, 9.17) is 23.7 Å². The molecule has 0 bridgehead atoms. The lowest BCUT2D eigenvalue weighted by molar-refractivity contribution is -0.320. The van der Waals surface area contributed by atoms with Gasteiger partial charge in [-0.15, -0.1) is 0 Å². The van der Waals surface area contributed by atoms with Crippen molar-refractivity contribution >= 4 is 11.8 Å². The van der Waals surface area contributed by atoms with Crippen molar-refractivity contribution in [3.05, 3.63) is 48.2 Å². The molecule has 0 saturated carbocycles. The van der Waals surface area contributed by atoms with Crippen LogP contribution in [0.5, 0.6) is 0 Å². The van der Waals surface area contributed by atoms with Gasteiger partial charge in [-0.05, 0) is 20.8 Å². The minimum Gasteiger partial charge on any atom is -0.495 e. The van der Waals surface area contributed by atoms with Crippen LogP contribution in [-0.2, 0) is 33.3 Å². The van der Waals surface area contributed by atoms with Gasteiger partial charge in [-0.1, -0.05) is 30.3 Å². The van der Waals surface area contributed by atoms with Crippen molar-refractivity contribution in [2.45, 2.75) is 63.8 Å². The number of carbonyl (C=O) groups excluding carboxylic acids is 2. The Bertz CT molecular complexity index is 732. The van der Waals surface area contributed by atoms with Gasteiger partial charge in [0.1, 0.15) is 23.6 Å². The predicted molar refractivity (Wildman–Crippen MR) is 104 cm³/mol. The van der Waals surface area contributed by atoms with Crippen molar-refractivity contribution in [2.75, 3.05) is 13.2 Å². The largest absolute Gasteiger partial charge is 0.495 e. The van der Waals surface area contributed by atoms with Crippen molar-refractivity contribution in [3.8, 4) is 0 Å². The highest BCUT2D eigenvalue weighted by molar-refractivity contribution is 5.81. The van der Waals surface area contributed by atoms with Crippen molar-refractivity contribution in [3.63, 3.8) is 0 Å². The molecule has 0 spiro atoms. The number of hydrogen-bond donors (Lipinski definition) is 0. The van der Waals surface area contributed by atoms with E-state index in [9.17, 15) is 9.59 Å². The van der Waals surface area contributed by atoms with Crippen molar-refractivity contribution < 1.29 is 33.3 Å². The fourth-order valence-corrected chi connectivity index (χ4v) is 3.79. The number of esters is 1. The van der Waals surface area contributed by atoms with Gasteiger partial charge in [0.25, 0.3) is 0 Å². The number of ketones is 1. The number of hydrogen-bond acceptors (Lipinski definition) is 7.